The number of likely N-dealkylation sites (tertiary alicyclic amines) is 2. The topological polar surface area (TPSA) is 52.7 Å². The van der Waals surface area contributed by atoms with E-state index >= 15 is 0 Å². The van der Waals surface area contributed by atoms with Crippen molar-refractivity contribution in [2.45, 2.75) is 49.1 Å². The zero-order valence-electron chi connectivity index (χ0n) is 15.2. The van der Waals surface area contributed by atoms with E-state index < -0.39 is 0 Å². The highest BCUT2D eigenvalue weighted by molar-refractivity contribution is 8.00. The first kappa shape index (κ1) is 17.9. The number of carbonyl (C=O) groups is 2. The summed E-state index contributed by atoms with van der Waals surface area (Å²) in [5.74, 6) is 0.707. The van der Waals surface area contributed by atoms with Crippen LogP contribution < -0.4 is 5.32 Å². The molecular formula is C20H27N3O2S. The zero-order chi connectivity index (χ0) is 17.9. The highest BCUT2D eigenvalue weighted by Crippen LogP contribution is 2.27. The molecule has 5 nitrogen and oxygen atoms in total. The lowest BCUT2D eigenvalue weighted by atomic mass is 10.1. The molecule has 1 aromatic carbocycles. The summed E-state index contributed by atoms with van der Waals surface area (Å²) in [6.07, 6.45) is 5.64. The van der Waals surface area contributed by atoms with Crippen LogP contribution in [0.3, 0.4) is 0 Å². The van der Waals surface area contributed by atoms with Crippen molar-refractivity contribution < 1.29 is 9.59 Å². The maximum absolute atomic E-state index is 13.1. The van der Waals surface area contributed by atoms with E-state index in [0.717, 1.165) is 62.3 Å². The Bertz CT molecular complexity index is 675. The minimum atomic E-state index is 0.107. The first-order chi connectivity index (χ1) is 12.7. The molecule has 0 radical (unpaired) electrons. The number of carbonyl (C=O) groups excluding carboxylic acids is 2. The molecule has 3 saturated heterocycles. The fourth-order valence-corrected chi connectivity index (χ4v) is 5.21. The van der Waals surface area contributed by atoms with Crippen LogP contribution in [0.1, 0.15) is 42.5 Å². The van der Waals surface area contributed by atoms with Crippen molar-refractivity contribution in [2.24, 2.45) is 0 Å². The van der Waals surface area contributed by atoms with Crippen LogP contribution in [0, 0.1) is 0 Å². The Labute approximate surface area is 159 Å². The van der Waals surface area contributed by atoms with E-state index in [1.54, 1.807) is 0 Å². The second-order valence-corrected chi connectivity index (χ2v) is 8.57. The van der Waals surface area contributed by atoms with Crippen LogP contribution in [0.15, 0.2) is 29.2 Å². The molecule has 1 N–H and O–H groups in total. The van der Waals surface area contributed by atoms with Gasteiger partial charge in [0.25, 0.3) is 5.91 Å². The molecule has 26 heavy (non-hydrogen) atoms. The molecule has 4 rings (SSSR count). The fourth-order valence-electron chi connectivity index (χ4n) is 4.26. The number of hydrogen-bond donors (Lipinski definition) is 1. The molecule has 2 bridgehead atoms. The van der Waals surface area contributed by atoms with Gasteiger partial charge < -0.3 is 15.1 Å². The van der Waals surface area contributed by atoms with E-state index in [2.05, 4.69) is 5.32 Å². The average molecular weight is 374 g/mol. The van der Waals surface area contributed by atoms with Gasteiger partial charge in [-0.3, -0.25) is 9.59 Å². The number of fused-ring (bicyclic) bond motifs is 2. The molecule has 2 amide bonds. The Kier molecular flexibility index (Phi) is 5.50. The van der Waals surface area contributed by atoms with Gasteiger partial charge in [0, 0.05) is 43.2 Å². The molecule has 3 aliphatic heterocycles. The Morgan fingerprint density at radius 1 is 1.00 bits per heavy atom. The van der Waals surface area contributed by atoms with E-state index in [0.29, 0.717) is 17.8 Å². The van der Waals surface area contributed by atoms with Crippen LogP contribution in [0.4, 0.5) is 0 Å². The summed E-state index contributed by atoms with van der Waals surface area (Å²) in [6.45, 7) is 3.37. The standard InChI is InChI=1S/C20H27N3O2S/c24-19(22-10-3-4-11-22)14-26-18-6-2-1-5-17(18)20(25)23-12-9-15-7-8-16(13-23)21-15/h1-2,5-6,15-16,21H,3-4,7-14H2. The van der Waals surface area contributed by atoms with Crippen LogP contribution in [-0.2, 0) is 4.79 Å². The SMILES string of the molecule is O=C(CSc1ccccc1C(=O)N1CCC2CCC(C1)N2)N1CCCC1. The highest BCUT2D eigenvalue weighted by atomic mass is 32.2. The van der Waals surface area contributed by atoms with Crippen molar-refractivity contribution in [3.63, 3.8) is 0 Å². The van der Waals surface area contributed by atoms with Gasteiger partial charge in [-0.25, -0.2) is 0 Å². The smallest absolute Gasteiger partial charge is 0.255 e. The molecule has 0 aromatic heterocycles. The van der Waals surface area contributed by atoms with Gasteiger partial charge in [-0.15, -0.1) is 11.8 Å². The minimum absolute atomic E-state index is 0.107. The minimum Gasteiger partial charge on any atom is -0.342 e. The predicted octanol–water partition coefficient (Wildman–Crippen LogP) is 2.37. The lowest BCUT2D eigenvalue weighted by Gasteiger charge is -2.25. The first-order valence-electron chi connectivity index (χ1n) is 9.75. The van der Waals surface area contributed by atoms with E-state index in [-0.39, 0.29) is 11.8 Å². The number of thioether (sulfide) groups is 1. The third kappa shape index (κ3) is 3.91. The van der Waals surface area contributed by atoms with Gasteiger partial charge in [0.05, 0.1) is 11.3 Å². The summed E-state index contributed by atoms with van der Waals surface area (Å²) in [4.78, 5) is 30.3. The van der Waals surface area contributed by atoms with Gasteiger partial charge in [0.15, 0.2) is 0 Å². The van der Waals surface area contributed by atoms with E-state index in [1.165, 1.54) is 18.2 Å². The molecule has 0 aliphatic carbocycles. The number of benzene rings is 1. The lowest BCUT2D eigenvalue weighted by molar-refractivity contribution is -0.127. The predicted molar refractivity (Wildman–Crippen MR) is 103 cm³/mol. The monoisotopic (exact) mass is 373 g/mol. The van der Waals surface area contributed by atoms with Crippen molar-refractivity contribution in [3.05, 3.63) is 29.8 Å². The van der Waals surface area contributed by atoms with Crippen LogP contribution in [0.5, 0.6) is 0 Å². The molecule has 2 atom stereocenters. The first-order valence-corrected chi connectivity index (χ1v) is 10.7. The molecule has 3 heterocycles. The molecule has 2 unspecified atom stereocenters. The Hall–Kier alpha value is -1.53. The Morgan fingerprint density at radius 2 is 1.77 bits per heavy atom. The third-order valence-electron chi connectivity index (χ3n) is 5.74. The van der Waals surface area contributed by atoms with E-state index in [4.69, 9.17) is 0 Å². The number of amides is 2. The molecular weight excluding hydrogens is 346 g/mol. The summed E-state index contributed by atoms with van der Waals surface area (Å²) in [5.41, 5.74) is 0.740. The van der Waals surface area contributed by atoms with E-state index in [1.807, 2.05) is 34.1 Å². The lowest BCUT2D eigenvalue weighted by Crippen LogP contribution is -2.39. The number of nitrogens with zero attached hydrogens (tertiary/aromatic N) is 2. The summed E-state index contributed by atoms with van der Waals surface area (Å²) < 4.78 is 0. The fraction of sp³-hybridized carbons (Fsp3) is 0.600. The molecule has 6 heteroatoms. The van der Waals surface area contributed by atoms with Gasteiger partial charge in [-0.2, -0.15) is 0 Å². The molecule has 3 aliphatic rings. The number of hydrogen-bond acceptors (Lipinski definition) is 4. The molecule has 0 saturated carbocycles. The molecule has 0 spiro atoms. The Balaban J connectivity index is 1.43. The van der Waals surface area contributed by atoms with Crippen LogP contribution in [-0.4, -0.2) is 65.6 Å². The Morgan fingerprint density at radius 3 is 2.62 bits per heavy atom. The normalized spacial score (nSPS) is 25.4. The second kappa shape index (κ2) is 8.01. The zero-order valence-corrected chi connectivity index (χ0v) is 16.0. The number of rotatable bonds is 4. The molecule has 1 aromatic rings. The van der Waals surface area contributed by atoms with Crippen molar-refractivity contribution >= 4 is 23.6 Å². The summed E-state index contributed by atoms with van der Waals surface area (Å²) >= 11 is 1.50. The van der Waals surface area contributed by atoms with Gasteiger partial charge in [0.2, 0.25) is 5.91 Å². The van der Waals surface area contributed by atoms with Gasteiger partial charge >= 0.3 is 0 Å². The van der Waals surface area contributed by atoms with Crippen molar-refractivity contribution in [1.82, 2.24) is 15.1 Å². The van der Waals surface area contributed by atoms with Crippen LogP contribution >= 0.6 is 11.8 Å². The quantitative estimate of drug-likeness (QED) is 0.824. The highest BCUT2D eigenvalue weighted by Gasteiger charge is 2.32. The maximum atomic E-state index is 13.1. The molecule has 3 fully saturated rings. The van der Waals surface area contributed by atoms with Gasteiger partial charge in [0.1, 0.15) is 0 Å². The van der Waals surface area contributed by atoms with Crippen molar-refractivity contribution in [1.29, 1.82) is 0 Å². The van der Waals surface area contributed by atoms with Gasteiger partial charge in [-0.05, 0) is 44.2 Å². The summed E-state index contributed by atoms with van der Waals surface area (Å²) in [6, 6.07) is 8.75. The molecule has 140 valence electrons. The summed E-state index contributed by atoms with van der Waals surface area (Å²) in [5, 5.41) is 3.63. The summed E-state index contributed by atoms with van der Waals surface area (Å²) in [7, 11) is 0. The van der Waals surface area contributed by atoms with Gasteiger partial charge in [-0.1, -0.05) is 12.1 Å². The van der Waals surface area contributed by atoms with Crippen LogP contribution in [0.25, 0.3) is 0 Å². The second-order valence-electron chi connectivity index (χ2n) is 7.55. The van der Waals surface area contributed by atoms with Crippen molar-refractivity contribution in [2.75, 3.05) is 31.9 Å². The van der Waals surface area contributed by atoms with E-state index in [9.17, 15) is 9.59 Å². The van der Waals surface area contributed by atoms with Crippen LogP contribution in [0.2, 0.25) is 0 Å². The maximum Gasteiger partial charge on any atom is 0.255 e. The largest absolute Gasteiger partial charge is 0.342 e. The van der Waals surface area contributed by atoms with Crippen molar-refractivity contribution in [3.8, 4) is 0 Å². The third-order valence-corrected chi connectivity index (χ3v) is 6.80. The number of nitrogens with one attached hydrogen (secondary N) is 1. The average Bonchev–Trinajstić information content (AvgIpc) is 3.29.